The number of hydrogen-bond acceptors (Lipinski definition) is 6. The summed E-state index contributed by atoms with van der Waals surface area (Å²) in [6.07, 6.45) is 1.88. The average Bonchev–Trinajstić information content (AvgIpc) is 2.77. The van der Waals surface area contributed by atoms with E-state index in [2.05, 4.69) is 10.6 Å². The van der Waals surface area contributed by atoms with Crippen molar-refractivity contribution in [3.63, 3.8) is 0 Å². The molecule has 2 amide bonds. The molecule has 0 aliphatic heterocycles. The molecule has 2 rings (SSSR count). The Morgan fingerprint density at radius 2 is 1.74 bits per heavy atom. The molecule has 166 valence electrons. The Morgan fingerprint density at radius 1 is 1.00 bits per heavy atom. The molecule has 2 aromatic rings. The van der Waals surface area contributed by atoms with Crippen molar-refractivity contribution in [2.45, 2.75) is 19.8 Å². The molecule has 0 saturated heterocycles. The molecule has 0 aromatic heterocycles. The fourth-order valence-corrected chi connectivity index (χ4v) is 2.42. The van der Waals surface area contributed by atoms with Crippen LogP contribution in [0.25, 0.3) is 0 Å². The van der Waals surface area contributed by atoms with Gasteiger partial charge in [0, 0.05) is 5.69 Å². The molecule has 0 saturated carbocycles. The normalized spacial score (nSPS) is 10.2. The van der Waals surface area contributed by atoms with Gasteiger partial charge < -0.3 is 24.8 Å². The lowest BCUT2D eigenvalue weighted by Crippen LogP contribution is -2.35. The zero-order valence-corrected chi connectivity index (χ0v) is 17.4. The number of carbonyl (C=O) groups is 3. The van der Waals surface area contributed by atoms with Gasteiger partial charge in [0.15, 0.2) is 18.1 Å². The van der Waals surface area contributed by atoms with Crippen LogP contribution in [0.5, 0.6) is 11.5 Å². The molecule has 9 heteroatoms. The van der Waals surface area contributed by atoms with E-state index in [9.17, 15) is 18.8 Å². The van der Waals surface area contributed by atoms with Gasteiger partial charge in [-0.3, -0.25) is 9.59 Å². The van der Waals surface area contributed by atoms with E-state index in [1.165, 1.54) is 43.5 Å². The number of benzene rings is 2. The van der Waals surface area contributed by atoms with Crippen LogP contribution in [0.4, 0.5) is 10.1 Å². The zero-order valence-electron chi connectivity index (χ0n) is 17.4. The van der Waals surface area contributed by atoms with Crippen molar-refractivity contribution < 1.29 is 33.0 Å². The molecule has 0 aliphatic carbocycles. The maximum absolute atomic E-state index is 12.9. The molecule has 8 nitrogen and oxygen atoms in total. The summed E-state index contributed by atoms with van der Waals surface area (Å²) in [4.78, 5) is 35.8. The third-order valence-corrected chi connectivity index (χ3v) is 4.06. The summed E-state index contributed by atoms with van der Waals surface area (Å²) < 4.78 is 28.7. The first-order valence-corrected chi connectivity index (χ1v) is 9.73. The first-order valence-electron chi connectivity index (χ1n) is 9.73. The first-order chi connectivity index (χ1) is 14.9. The molecule has 0 fully saturated rings. The second-order valence-corrected chi connectivity index (χ2v) is 6.48. The zero-order chi connectivity index (χ0) is 22.6. The Hall–Kier alpha value is -3.62. The fraction of sp³-hybridized carbons (Fsp3) is 0.318. The smallest absolute Gasteiger partial charge is 0.338 e. The van der Waals surface area contributed by atoms with Gasteiger partial charge >= 0.3 is 5.97 Å². The number of nitrogens with one attached hydrogen (secondary N) is 2. The van der Waals surface area contributed by atoms with Gasteiger partial charge in [0.05, 0.1) is 25.8 Å². The molecule has 0 unspecified atom stereocenters. The fourth-order valence-electron chi connectivity index (χ4n) is 2.42. The Kier molecular flexibility index (Phi) is 9.28. The van der Waals surface area contributed by atoms with Crippen LogP contribution in [-0.4, -0.2) is 44.7 Å². The molecule has 0 bridgehead atoms. The summed E-state index contributed by atoms with van der Waals surface area (Å²) in [5, 5.41) is 4.83. The molecule has 0 atom stereocenters. The molecule has 2 aromatic carbocycles. The number of halogens is 1. The Balaban J connectivity index is 1.78. The topological polar surface area (TPSA) is 103 Å². The van der Waals surface area contributed by atoms with Gasteiger partial charge in [-0.1, -0.05) is 13.3 Å². The third-order valence-electron chi connectivity index (χ3n) is 4.06. The summed E-state index contributed by atoms with van der Waals surface area (Å²) in [5.74, 6) is -1.40. The molecule has 2 N–H and O–H groups in total. The Labute approximate surface area is 179 Å². The highest BCUT2D eigenvalue weighted by Gasteiger charge is 2.14. The summed E-state index contributed by atoms with van der Waals surface area (Å²) in [6, 6.07) is 9.78. The number of esters is 1. The molecular weight excluding hydrogens is 407 g/mol. The molecule has 0 spiro atoms. The minimum atomic E-state index is -0.718. The van der Waals surface area contributed by atoms with Crippen LogP contribution in [-0.2, 0) is 14.3 Å². The summed E-state index contributed by atoms with van der Waals surface area (Å²) in [7, 11) is 1.46. The number of amides is 2. The molecule has 0 heterocycles. The summed E-state index contributed by atoms with van der Waals surface area (Å²) in [5.41, 5.74) is 0.588. The van der Waals surface area contributed by atoms with Gasteiger partial charge in [-0.05, 0) is 48.9 Å². The van der Waals surface area contributed by atoms with Gasteiger partial charge in [0.2, 0.25) is 5.91 Å². The number of anilines is 1. The molecule has 0 aliphatic rings. The van der Waals surface area contributed by atoms with Crippen LogP contribution < -0.4 is 20.1 Å². The van der Waals surface area contributed by atoms with Crippen LogP contribution in [0, 0.1) is 5.82 Å². The minimum absolute atomic E-state index is 0.196. The van der Waals surface area contributed by atoms with Gasteiger partial charge in [-0.2, -0.15) is 0 Å². The van der Waals surface area contributed by atoms with E-state index in [-0.39, 0.29) is 12.1 Å². The maximum atomic E-state index is 12.9. The minimum Gasteiger partial charge on any atom is -0.493 e. The highest BCUT2D eigenvalue weighted by molar-refractivity contribution is 5.95. The quantitative estimate of drug-likeness (QED) is 0.418. The van der Waals surface area contributed by atoms with Crippen LogP contribution in [0.15, 0.2) is 42.5 Å². The van der Waals surface area contributed by atoms with E-state index in [4.69, 9.17) is 14.2 Å². The summed E-state index contributed by atoms with van der Waals surface area (Å²) >= 11 is 0. The predicted molar refractivity (Wildman–Crippen MR) is 112 cm³/mol. The van der Waals surface area contributed by atoms with E-state index in [0.29, 0.717) is 23.8 Å². The number of unbranched alkanes of at least 4 members (excludes halogenated alkanes) is 1. The number of hydrogen-bond donors (Lipinski definition) is 2. The van der Waals surface area contributed by atoms with Crippen LogP contribution in [0.2, 0.25) is 0 Å². The lowest BCUT2D eigenvalue weighted by molar-refractivity contribution is -0.126. The van der Waals surface area contributed by atoms with Crippen LogP contribution in [0.3, 0.4) is 0 Å². The van der Waals surface area contributed by atoms with E-state index >= 15 is 0 Å². The third kappa shape index (κ3) is 7.96. The van der Waals surface area contributed by atoms with Gasteiger partial charge in [-0.15, -0.1) is 0 Å². The number of ether oxygens (including phenoxy) is 3. The first kappa shape index (κ1) is 23.7. The van der Waals surface area contributed by atoms with Crippen molar-refractivity contribution in [1.29, 1.82) is 0 Å². The standard InChI is InChI=1S/C22H25FN2O6/c1-3-4-11-30-18-10-5-15(12-19(18)29-2)22(28)31-14-21(27)24-13-20(26)25-17-8-6-16(23)7-9-17/h5-10,12H,3-4,11,13-14H2,1-2H3,(H,24,27)(H,25,26). The van der Waals surface area contributed by atoms with Crippen molar-refractivity contribution in [3.8, 4) is 11.5 Å². The SMILES string of the molecule is CCCCOc1ccc(C(=O)OCC(=O)NCC(=O)Nc2ccc(F)cc2)cc1OC. The monoisotopic (exact) mass is 432 g/mol. The van der Waals surface area contributed by atoms with Crippen molar-refractivity contribution in [2.24, 2.45) is 0 Å². The lowest BCUT2D eigenvalue weighted by Gasteiger charge is -2.12. The average molecular weight is 432 g/mol. The lowest BCUT2D eigenvalue weighted by atomic mass is 10.2. The number of carbonyl (C=O) groups excluding carboxylic acids is 3. The number of rotatable bonds is 11. The van der Waals surface area contributed by atoms with Gasteiger partial charge in [0.1, 0.15) is 5.82 Å². The largest absolute Gasteiger partial charge is 0.493 e. The van der Waals surface area contributed by atoms with E-state index in [1.54, 1.807) is 6.07 Å². The van der Waals surface area contributed by atoms with Crippen molar-refractivity contribution in [2.75, 3.05) is 32.2 Å². The van der Waals surface area contributed by atoms with Crippen molar-refractivity contribution >= 4 is 23.5 Å². The van der Waals surface area contributed by atoms with Gasteiger partial charge in [0.25, 0.3) is 5.91 Å². The highest BCUT2D eigenvalue weighted by atomic mass is 19.1. The highest BCUT2D eigenvalue weighted by Crippen LogP contribution is 2.28. The summed E-state index contributed by atoms with van der Waals surface area (Å²) in [6.45, 7) is 1.70. The maximum Gasteiger partial charge on any atom is 0.338 e. The second-order valence-electron chi connectivity index (χ2n) is 6.48. The molecule has 31 heavy (non-hydrogen) atoms. The van der Waals surface area contributed by atoms with E-state index in [0.717, 1.165) is 12.8 Å². The number of methoxy groups -OCH3 is 1. The predicted octanol–water partition coefficient (Wildman–Crippen LogP) is 2.92. The van der Waals surface area contributed by atoms with E-state index < -0.39 is 30.2 Å². The van der Waals surface area contributed by atoms with Crippen LogP contribution in [0.1, 0.15) is 30.1 Å². The Morgan fingerprint density at radius 3 is 2.42 bits per heavy atom. The van der Waals surface area contributed by atoms with E-state index in [1.807, 2.05) is 6.92 Å². The second kappa shape index (κ2) is 12.2. The molecular formula is C22H25FN2O6. The van der Waals surface area contributed by atoms with Gasteiger partial charge in [-0.25, -0.2) is 9.18 Å². The van der Waals surface area contributed by atoms with Crippen molar-refractivity contribution in [1.82, 2.24) is 5.32 Å². The van der Waals surface area contributed by atoms with Crippen LogP contribution >= 0.6 is 0 Å². The molecule has 0 radical (unpaired) electrons. The Bertz CT molecular complexity index is 901. The van der Waals surface area contributed by atoms with Crippen molar-refractivity contribution in [3.05, 3.63) is 53.8 Å².